The molecule has 1 heterocycles. The number of carboxylic acids is 1. The third kappa shape index (κ3) is 6.25. The number of aromatic nitrogens is 1. The Morgan fingerprint density at radius 2 is 1.70 bits per heavy atom. The van der Waals surface area contributed by atoms with Crippen LogP contribution >= 0.6 is 0 Å². The molecule has 6 nitrogen and oxygen atoms in total. The van der Waals surface area contributed by atoms with Crippen LogP contribution in [-0.4, -0.2) is 33.8 Å². The maximum Gasteiger partial charge on any atom is 0.304 e. The van der Waals surface area contributed by atoms with E-state index >= 15 is 4.39 Å². The number of nitrogens with zero attached hydrogens (tertiary/aromatic N) is 1. The van der Waals surface area contributed by atoms with E-state index in [0.717, 1.165) is 75.2 Å². The predicted molar refractivity (Wildman–Crippen MR) is 146 cm³/mol. The van der Waals surface area contributed by atoms with E-state index in [0.29, 0.717) is 11.1 Å². The standard InChI is InChI=1S/C30H40FN3O3/c31-27-16-25-24(17-28(27)33-22-13-5-2-6-14-22)26(20-9-7-8-10-20)19-34(30(25)37)18-23(15-29(35)36)32-21-11-3-1-4-12-21/h7,9,16-17,19-23,32-33H,1-6,8,10-15,18H2,(H,35,36). The number of benzene rings is 1. The molecule has 7 heteroatoms. The zero-order chi connectivity index (χ0) is 25.8. The normalized spacial score (nSPS) is 21.9. The van der Waals surface area contributed by atoms with Crippen molar-refractivity contribution in [2.24, 2.45) is 0 Å². The molecule has 37 heavy (non-hydrogen) atoms. The smallest absolute Gasteiger partial charge is 0.304 e. The van der Waals surface area contributed by atoms with Crippen molar-refractivity contribution in [3.63, 3.8) is 0 Å². The van der Waals surface area contributed by atoms with E-state index in [1.165, 1.54) is 18.9 Å². The van der Waals surface area contributed by atoms with E-state index in [1.54, 1.807) is 4.57 Å². The van der Waals surface area contributed by atoms with Crippen molar-refractivity contribution >= 4 is 22.4 Å². The number of aliphatic carboxylic acids is 1. The van der Waals surface area contributed by atoms with E-state index in [2.05, 4.69) is 22.8 Å². The van der Waals surface area contributed by atoms with Crippen molar-refractivity contribution in [3.05, 3.63) is 52.2 Å². The summed E-state index contributed by atoms with van der Waals surface area (Å²) in [5, 5.41) is 17.7. The van der Waals surface area contributed by atoms with Gasteiger partial charge in [0.1, 0.15) is 5.82 Å². The van der Waals surface area contributed by atoms with Crippen LogP contribution in [0.25, 0.3) is 10.8 Å². The van der Waals surface area contributed by atoms with Crippen LogP contribution in [-0.2, 0) is 11.3 Å². The van der Waals surface area contributed by atoms with Gasteiger partial charge in [-0.3, -0.25) is 9.59 Å². The molecule has 0 radical (unpaired) electrons. The summed E-state index contributed by atoms with van der Waals surface area (Å²) < 4.78 is 16.9. The Morgan fingerprint density at radius 1 is 1.00 bits per heavy atom. The van der Waals surface area contributed by atoms with Crippen molar-refractivity contribution in [2.45, 2.75) is 114 Å². The van der Waals surface area contributed by atoms with Crippen LogP contribution < -0.4 is 16.2 Å². The maximum atomic E-state index is 15.3. The van der Waals surface area contributed by atoms with Gasteiger partial charge in [-0.1, -0.05) is 50.7 Å². The van der Waals surface area contributed by atoms with Crippen LogP contribution in [0.15, 0.2) is 35.3 Å². The molecule has 2 fully saturated rings. The van der Waals surface area contributed by atoms with Crippen molar-refractivity contribution in [1.29, 1.82) is 0 Å². The number of carboxylic acid groups (broad SMARTS) is 1. The van der Waals surface area contributed by atoms with Gasteiger partial charge in [-0.05, 0) is 61.6 Å². The highest BCUT2D eigenvalue weighted by molar-refractivity contribution is 5.89. The fourth-order valence-corrected chi connectivity index (χ4v) is 6.57. The molecule has 5 rings (SSSR count). The highest BCUT2D eigenvalue weighted by atomic mass is 19.1. The fourth-order valence-electron chi connectivity index (χ4n) is 6.57. The number of hydrogen-bond donors (Lipinski definition) is 3. The molecular weight excluding hydrogens is 469 g/mol. The number of halogens is 1. The molecule has 2 aromatic rings. The Hall–Kier alpha value is -2.67. The molecule has 200 valence electrons. The monoisotopic (exact) mass is 509 g/mol. The second-order valence-electron chi connectivity index (χ2n) is 11.3. The van der Waals surface area contributed by atoms with Gasteiger partial charge in [-0.25, -0.2) is 4.39 Å². The SMILES string of the molecule is O=C(O)CC(Cn1cc(C2C=CCC2)c2cc(NC3CCCCC3)c(F)cc2c1=O)NC1CCCCC1. The molecule has 2 atom stereocenters. The van der Waals surface area contributed by atoms with E-state index < -0.39 is 11.8 Å². The molecular formula is C30H40FN3O3. The van der Waals surface area contributed by atoms with Gasteiger partial charge >= 0.3 is 5.97 Å². The minimum absolute atomic E-state index is 0.0573. The topological polar surface area (TPSA) is 83.4 Å². The average Bonchev–Trinajstić information content (AvgIpc) is 3.42. The molecule has 0 spiro atoms. The lowest BCUT2D eigenvalue weighted by molar-refractivity contribution is -0.137. The number of fused-ring (bicyclic) bond motifs is 1. The highest BCUT2D eigenvalue weighted by Crippen LogP contribution is 2.35. The van der Waals surface area contributed by atoms with Crippen molar-refractivity contribution in [2.75, 3.05) is 5.32 Å². The quantitative estimate of drug-likeness (QED) is 0.357. The summed E-state index contributed by atoms with van der Waals surface area (Å²) in [6, 6.07) is 3.40. The number of nitrogens with one attached hydrogen (secondary N) is 2. The van der Waals surface area contributed by atoms with E-state index in [9.17, 15) is 14.7 Å². The lowest BCUT2D eigenvalue weighted by Gasteiger charge is -2.29. The van der Waals surface area contributed by atoms with E-state index in [-0.39, 0.29) is 42.6 Å². The van der Waals surface area contributed by atoms with Crippen molar-refractivity contribution in [3.8, 4) is 0 Å². The molecule has 3 aliphatic rings. The third-order valence-corrected chi connectivity index (χ3v) is 8.50. The number of allylic oxidation sites excluding steroid dienone is 2. The minimum Gasteiger partial charge on any atom is -0.481 e. The molecule has 2 saturated carbocycles. The first-order valence-electron chi connectivity index (χ1n) is 14.3. The molecule has 0 amide bonds. The highest BCUT2D eigenvalue weighted by Gasteiger charge is 2.24. The Balaban J connectivity index is 1.50. The maximum absolute atomic E-state index is 15.3. The number of carbonyl (C=O) groups is 1. The summed E-state index contributed by atoms with van der Waals surface area (Å²) in [5.74, 6) is -1.12. The molecule has 3 aliphatic carbocycles. The Labute approximate surface area is 218 Å². The van der Waals surface area contributed by atoms with Gasteiger partial charge in [0.25, 0.3) is 5.56 Å². The molecule has 0 aliphatic heterocycles. The lowest BCUT2D eigenvalue weighted by atomic mass is 9.93. The van der Waals surface area contributed by atoms with Crippen molar-refractivity contribution < 1.29 is 14.3 Å². The molecule has 0 saturated heterocycles. The summed E-state index contributed by atoms with van der Waals surface area (Å²) in [6.45, 7) is 0.255. The zero-order valence-electron chi connectivity index (χ0n) is 21.7. The molecule has 1 aromatic heterocycles. The Bertz CT molecular complexity index is 1190. The van der Waals surface area contributed by atoms with Crippen LogP contribution in [0.2, 0.25) is 0 Å². The first-order chi connectivity index (χ1) is 18.0. The molecule has 3 N–H and O–H groups in total. The molecule has 2 unspecified atom stereocenters. The van der Waals surface area contributed by atoms with Gasteiger partial charge in [0.05, 0.1) is 17.5 Å². The minimum atomic E-state index is -0.884. The van der Waals surface area contributed by atoms with Crippen LogP contribution in [0.5, 0.6) is 0 Å². The molecule has 1 aromatic carbocycles. The molecule has 0 bridgehead atoms. The summed E-state index contributed by atoms with van der Waals surface area (Å²) in [6.07, 6.45) is 19.3. The predicted octanol–water partition coefficient (Wildman–Crippen LogP) is 6.08. The van der Waals surface area contributed by atoms with Crippen LogP contribution in [0.4, 0.5) is 10.1 Å². The number of anilines is 1. The van der Waals surface area contributed by atoms with Crippen molar-refractivity contribution in [1.82, 2.24) is 9.88 Å². The third-order valence-electron chi connectivity index (χ3n) is 8.50. The van der Waals surface area contributed by atoms with Gasteiger partial charge in [0.15, 0.2) is 0 Å². The summed E-state index contributed by atoms with van der Waals surface area (Å²) in [4.78, 5) is 25.3. The van der Waals surface area contributed by atoms with Gasteiger partial charge in [-0.2, -0.15) is 0 Å². The fraction of sp³-hybridized carbons (Fsp3) is 0.600. The summed E-state index contributed by atoms with van der Waals surface area (Å²) >= 11 is 0. The lowest BCUT2D eigenvalue weighted by Crippen LogP contribution is -2.44. The first kappa shape index (κ1) is 26.0. The van der Waals surface area contributed by atoms with Gasteiger partial charge in [-0.15, -0.1) is 0 Å². The van der Waals surface area contributed by atoms with Crippen LogP contribution in [0, 0.1) is 5.82 Å². The summed E-state index contributed by atoms with van der Waals surface area (Å²) in [5.41, 5.74) is 1.23. The zero-order valence-corrected chi connectivity index (χ0v) is 21.7. The van der Waals surface area contributed by atoms with Gasteiger partial charge < -0.3 is 20.3 Å². The number of hydrogen-bond acceptors (Lipinski definition) is 4. The van der Waals surface area contributed by atoms with Gasteiger partial charge in [0.2, 0.25) is 0 Å². The second kappa shape index (κ2) is 11.8. The largest absolute Gasteiger partial charge is 0.481 e. The van der Waals surface area contributed by atoms with Gasteiger partial charge in [0, 0.05) is 36.8 Å². The Kier molecular flexibility index (Phi) is 8.28. The first-order valence-corrected chi connectivity index (χ1v) is 14.3. The second-order valence-corrected chi connectivity index (χ2v) is 11.3. The van der Waals surface area contributed by atoms with Crippen LogP contribution in [0.3, 0.4) is 0 Å². The van der Waals surface area contributed by atoms with E-state index in [1.807, 2.05) is 12.3 Å². The number of pyridine rings is 1. The van der Waals surface area contributed by atoms with E-state index in [4.69, 9.17) is 0 Å². The average molecular weight is 510 g/mol. The summed E-state index contributed by atoms with van der Waals surface area (Å²) in [7, 11) is 0. The Morgan fingerprint density at radius 3 is 2.35 bits per heavy atom. The van der Waals surface area contributed by atoms with Crippen LogP contribution in [0.1, 0.15) is 95.0 Å². The number of rotatable bonds is 9.